The summed E-state index contributed by atoms with van der Waals surface area (Å²) in [4.78, 5) is 15.4. The quantitative estimate of drug-likeness (QED) is 0.569. The number of hydrogen-bond acceptors (Lipinski definition) is 4. The van der Waals surface area contributed by atoms with Crippen molar-refractivity contribution in [1.29, 1.82) is 0 Å². The summed E-state index contributed by atoms with van der Waals surface area (Å²) in [5.41, 5.74) is 1.91. The van der Waals surface area contributed by atoms with Gasteiger partial charge in [0.05, 0.1) is 7.11 Å². The molecule has 2 aromatic carbocycles. The number of ether oxygens (including phenoxy) is 2. The van der Waals surface area contributed by atoms with Crippen LogP contribution in [0.4, 0.5) is 0 Å². The summed E-state index contributed by atoms with van der Waals surface area (Å²) in [6, 6.07) is 16.3. The smallest absolute Gasteiger partial charge is 0.200 e. The second-order valence-corrected chi connectivity index (χ2v) is 9.53. The molecule has 3 fully saturated rings. The number of hydrogen-bond donors (Lipinski definition) is 0. The molecule has 3 atom stereocenters. The van der Waals surface area contributed by atoms with Crippen LogP contribution in [0.2, 0.25) is 0 Å². The van der Waals surface area contributed by atoms with Crippen LogP contribution in [0.1, 0.15) is 60.4 Å². The highest BCUT2D eigenvalue weighted by Gasteiger charge is 2.43. The van der Waals surface area contributed by atoms with Gasteiger partial charge >= 0.3 is 0 Å². The lowest BCUT2D eigenvalue weighted by molar-refractivity contribution is 0.0917. The van der Waals surface area contributed by atoms with Crippen LogP contribution in [0.25, 0.3) is 0 Å². The number of fused-ring (bicyclic) bond motifs is 2. The minimum atomic E-state index is -0.0106. The monoisotopic (exact) mass is 419 g/mol. The molecule has 2 aromatic rings. The Hall–Kier alpha value is -2.33. The van der Waals surface area contributed by atoms with Crippen LogP contribution in [0.3, 0.4) is 0 Å². The standard InChI is InChI=1S/C27H33NO3/c1-30-23-10-8-21(9-11-23)26(29)18-31-27-5-3-2-4-24(27)20-12-14-28(15-13-20)25-17-19-6-7-22(25)16-19/h2-5,8-11,19-20,22,25H,6-7,12-18H2,1H3/t19-,22-,25-/m0/s1. The Bertz CT molecular complexity index is 901. The molecule has 0 N–H and O–H groups in total. The topological polar surface area (TPSA) is 38.8 Å². The van der Waals surface area contributed by atoms with Gasteiger partial charge < -0.3 is 14.4 Å². The molecule has 4 heteroatoms. The molecule has 0 radical (unpaired) electrons. The van der Waals surface area contributed by atoms with Gasteiger partial charge in [0.15, 0.2) is 12.4 Å². The average Bonchev–Trinajstić information content (AvgIpc) is 3.47. The molecule has 5 rings (SSSR count). The third-order valence-corrected chi connectivity index (χ3v) is 7.83. The van der Waals surface area contributed by atoms with Crippen molar-refractivity contribution in [2.24, 2.45) is 11.8 Å². The SMILES string of the molecule is COc1ccc(C(=O)COc2ccccc2C2CCN([C@H]3C[C@H]4CC[C@H]3C4)CC2)cc1. The molecule has 1 aliphatic heterocycles. The van der Waals surface area contributed by atoms with Gasteiger partial charge in [0, 0.05) is 11.6 Å². The Balaban J connectivity index is 1.19. The number of rotatable bonds is 7. The molecule has 1 saturated heterocycles. The molecule has 0 aromatic heterocycles. The zero-order chi connectivity index (χ0) is 21.2. The molecule has 3 aliphatic rings. The van der Waals surface area contributed by atoms with Gasteiger partial charge in [-0.05, 0) is 98.8 Å². The second-order valence-electron chi connectivity index (χ2n) is 9.53. The van der Waals surface area contributed by atoms with Crippen molar-refractivity contribution in [2.45, 2.75) is 50.5 Å². The van der Waals surface area contributed by atoms with Gasteiger partial charge in [-0.25, -0.2) is 0 Å². The molecule has 0 amide bonds. The highest BCUT2D eigenvalue weighted by atomic mass is 16.5. The van der Waals surface area contributed by atoms with Crippen LogP contribution in [-0.4, -0.2) is 43.5 Å². The van der Waals surface area contributed by atoms with E-state index in [2.05, 4.69) is 17.0 Å². The second kappa shape index (κ2) is 9.04. The lowest BCUT2D eigenvalue weighted by Crippen LogP contribution is -2.43. The van der Waals surface area contributed by atoms with Crippen molar-refractivity contribution in [1.82, 2.24) is 4.90 Å². The summed E-state index contributed by atoms with van der Waals surface area (Å²) in [6.45, 7) is 2.45. The van der Waals surface area contributed by atoms with E-state index in [-0.39, 0.29) is 12.4 Å². The molecular formula is C27H33NO3. The highest BCUT2D eigenvalue weighted by Crippen LogP contribution is 2.47. The van der Waals surface area contributed by atoms with Crippen LogP contribution < -0.4 is 9.47 Å². The molecule has 31 heavy (non-hydrogen) atoms. The fraction of sp³-hybridized carbons (Fsp3) is 0.519. The molecular weight excluding hydrogens is 386 g/mol. The minimum Gasteiger partial charge on any atom is -0.497 e. The van der Waals surface area contributed by atoms with E-state index in [0.717, 1.165) is 29.4 Å². The molecule has 4 nitrogen and oxygen atoms in total. The predicted molar refractivity (Wildman–Crippen MR) is 122 cm³/mol. The van der Waals surface area contributed by atoms with Crippen LogP contribution in [0.15, 0.2) is 48.5 Å². The largest absolute Gasteiger partial charge is 0.497 e. The van der Waals surface area contributed by atoms with E-state index in [1.165, 1.54) is 57.2 Å². The third-order valence-electron chi connectivity index (χ3n) is 7.83. The summed E-state index contributed by atoms with van der Waals surface area (Å²) in [7, 11) is 1.62. The van der Waals surface area contributed by atoms with Gasteiger partial charge in [-0.15, -0.1) is 0 Å². The number of likely N-dealkylation sites (tertiary alicyclic amines) is 1. The van der Waals surface area contributed by atoms with Crippen LogP contribution in [0, 0.1) is 11.8 Å². The van der Waals surface area contributed by atoms with Crippen molar-refractivity contribution >= 4 is 5.78 Å². The Kier molecular flexibility index (Phi) is 5.99. The Morgan fingerprint density at radius 3 is 2.42 bits per heavy atom. The van der Waals surface area contributed by atoms with Gasteiger partial charge in [0.25, 0.3) is 0 Å². The maximum absolute atomic E-state index is 12.6. The Morgan fingerprint density at radius 2 is 1.74 bits per heavy atom. The first-order valence-corrected chi connectivity index (χ1v) is 11.8. The number of para-hydroxylation sites is 1. The molecule has 2 saturated carbocycles. The van der Waals surface area contributed by atoms with E-state index < -0.39 is 0 Å². The van der Waals surface area contributed by atoms with E-state index in [4.69, 9.17) is 9.47 Å². The fourth-order valence-electron chi connectivity index (χ4n) is 6.15. The average molecular weight is 420 g/mol. The normalized spacial score (nSPS) is 26.2. The first-order chi connectivity index (χ1) is 15.2. The number of carbonyl (C=O) groups excluding carboxylic acids is 1. The Labute approximate surface area is 185 Å². The van der Waals surface area contributed by atoms with Crippen molar-refractivity contribution in [3.8, 4) is 11.5 Å². The fourth-order valence-corrected chi connectivity index (χ4v) is 6.15. The van der Waals surface area contributed by atoms with Gasteiger partial charge in [0.1, 0.15) is 11.5 Å². The lowest BCUT2D eigenvalue weighted by atomic mass is 9.86. The minimum absolute atomic E-state index is 0.0106. The van der Waals surface area contributed by atoms with E-state index >= 15 is 0 Å². The summed E-state index contributed by atoms with van der Waals surface area (Å²) in [5, 5.41) is 0. The number of benzene rings is 2. The van der Waals surface area contributed by atoms with E-state index in [9.17, 15) is 4.79 Å². The predicted octanol–water partition coefficient (Wildman–Crippen LogP) is 5.32. The summed E-state index contributed by atoms with van der Waals surface area (Å²) >= 11 is 0. The summed E-state index contributed by atoms with van der Waals surface area (Å²) < 4.78 is 11.2. The number of piperidine rings is 1. The molecule has 0 unspecified atom stereocenters. The van der Waals surface area contributed by atoms with Gasteiger partial charge in [0.2, 0.25) is 0 Å². The maximum Gasteiger partial charge on any atom is 0.200 e. The molecule has 2 aliphatic carbocycles. The molecule has 1 heterocycles. The van der Waals surface area contributed by atoms with Crippen molar-refractivity contribution in [3.63, 3.8) is 0 Å². The van der Waals surface area contributed by atoms with Crippen LogP contribution >= 0.6 is 0 Å². The number of methoxy groups -OCH3 is 1. The summed E-state index contributed by atoms with van der Waals surface area (Å²) in [6.07, 6.45) is 8.19. The van der Waals surface area contributed by atoms with E-state index in [0.29, 0.717) is 11.5 Å². The van der Waals surface area contributed by atoms with E-state index in [1.54, 1.807) is 19.2 Å². The van der Waals surface area contributed by atoms with Gasteiger partial charge in [-0.3, -0.25) is 4.79 Å². The van der Waals surface area contributed by atoms with Gasteiger partial charge in [-0.1, -0.05) is 24.6 Å². The lowest BCUT2D eigenvalue weighted by Gasteiger charge is -2.40. The van der Waals surface area contributed by atoms with Crippen molar-refractivity contribution < 1.29 is 14.3 Å². The number of nitrogens with zero attached hydrogens (tertiary/aromatic N) is 1. The molecule has 0 spiro atoms. The number of ketones is 1. The number of Topliss-reactive ketones (excluding diaryl/α,β-unsaturated/α-hetero) is 1. The molecule has 164 valence electrons. The zero-order valence-electron chi connectivity index (χ0n) is 18.5. The maximum atomic E-state index is 12.6. The highest BCUT2D eigenvalue weighted by molar-refractivity contribution is 5.97. The van der Waals surface area contributed by atoms with Gasteiger partial charge in [-0.2, -0.15) is 0 Å². The molecule has 2 bridgehead atoms. The third kappa shape index (κ3) is 4.36. The van der Waals surface area contributed by atoms with E-state index in [1.807, 2.05) is 24.3 Å². The van der Waals surface area contributed by atoms with Crippen LogP contribution in [-0.2, 0) is 0 Å². The number of carbonyl (C=O) groups is 1. The zero-order valence-corrected chi connectivity index (χ0v) is 18.5. The Morgan fingerprint density at radius 1 is 0.968 bits per heavy atom. The summed E-state index contributed by atoms with van der Waals surface area (Å²) in [5.74, 6) is 4.08. The van der Waals surface area contributed by atoms with Crippen molar-refractivity contribution in [3.05, 3.63) is 59.7 Å². The first kappa shape index (κ1) is 20.6. The first-order valence-electron chi connectivity index (χ1n) is 11.8. The van der Waals surface area contributed by atoms with Crippen molar-refractivity contribution in [2.75, 3.05) is 26.8 Å². The van der Waals surface area contributed by atoms with Crippen LogP contribution in [0.5, 0.6) is 11.5 Å².